The molecule has 2 aliphatic rings. The summed E-state index contributed by atoms with van der Waals surface area (Å²) in [5.74, 6) is 0.00408. The van der Waals surface area contributed by atoms with Gasteiger partial charge in [-0.25, -0.2) is 0 Å². The predicted octanol–water partition coefficient (Wildman–Crippen LogP) is 2.55. The Kier molecular flexibility index (Phi) is 5.65. The summed E-state index contributed by atoms with van der Waals surface area (Å²) in [6.07, 6.45) is 6.03. The first-order valence-electron chi connectivity index (χ1n) is 8.42. The Morgan fingerprint density at radius 2 is 2.04 bits per heavy atom. The highest BCUT2D eigenvalue weighted by Crippen LogP contribution is 2.36. The number of thiophene rings is 1. The fourth-order valence-corrected chi connectivity index (χ4v) is 4.48. The van der Waals surface area contributed by atoms with Crippen molar-refractivity contribution in [3.63, 3.8) is 0 Å². The summed E-state index contributed by atoms with van der Waals surface area (Å²) in [6, 6.07) is 2.31. The number of nitrogens with zero attached hydrogens (tertiary/aromatic N) is 2. The number of anilines is 1. The van der Waals surface area contributed by atoms with E-state index in [4.69, 9.17) is 4.74 Å². The smallest absolute Gasteiger partial charge is 0.226 e. The molecule has 0 spiro atoms. The van der Waals surface area contributed by atoms with Gasteiger partial charge in [-0.15, -0.1) is 11.3 Å². The number of aryl methyl sites for hydroxylation is 1. The normalized spacial score (nSPS) is 18.7. The summed E-state index contributed by atoms with van der Waals surface area (Å²) in [7, 11) is 0. The van der Waals surface area contributed by atoms with E-state index in [1.807, 2.05) is 0 Å². The van der Waals surface area contributed by atoms with Crippen molar-refractivity contribution >= 4 is 22.2 Å². The van der Waals surface area contributed by atoms with E-state index in [1.165, 1.54) is 23.3 Å². The van der Waals surface area contributed by atoms with Crippen molar-refractivity contribution in [1.82, 2.24) is 4.90 Å². The molecule has 1 aliphatic carbocycles. The van der Waals surface area contributed by atoms with Gasteiger partial charge < -0.3 is 10.1 Å². The van der Waals surface area contributed by atoms with Crippen LogP contribution in [0.5, 0.6) is 0 Å². The fraction of sp³-hybridized carbons (Fsp3) is 0.647. The summed E-state index contributed by atoms with van der Waals surface area (Å²) < 4.78 is 5.31. The van der Waals surface area contributed by atoms with Crippen LogP contribution in [0, 0.1) is 11.3 Å². The molecule has 1 N–H and O–H groups in total. The maximum absolute atomic E-state index is 12.2. The van der Waals surface area contributed by atoms with Gasteiger partial charge in [0.25, 0.3) is 0 Å². The number of hydrogen-bond donors (Lipinski definition) is 1. The van der Waals surface area contributed by atoms with Crippen molar-refractivity contribution in [2.75, 3.05) is 38.2 Å². The minimum atomic E-state index is 0.00408. The second-order valence-electron chi connectivity index (χ2n) is 6.13. The number of amides is 1. The minimum absolute atomic E-state index is 0.00408. The molecule has 0 aromatic carbocycles. The average molecular weight is 333 g/mol. The van der Waals surface area contributed by atoms with Crippen LogP contribution in [-0.4, -0.2) is 43.7 Å². The second kappa shape index (κ2) is 7.91. The van der Waals surface area contributed by atoms with Gasteiger partial charge in [0, 0.05) is 30.9 Å². The maximum Gasteiger partial charge on any atom is 0.226 e. The van der Waals surface area contributed by atoms with Gasteiger partial charge in [-0.3, -0.25) is 9.69 Å². The van der Waals surface area contributed by atoms with Crippen molar-refractivity contribution in [2.45, 2.75) is 38.5 Å². The first-order chi connectivity index (χ1) is 11.3. The largest absolute Gasteiger partial charge is 0.379 e. The van der Waals surface area contributed by atoms with Crippen LogP contribution in [0.2, 0.25) is 0 Å². The number of ether oxygens (including phenoxy) is 1. The van der Waals surface area contributed by atoms with Gasteiger partial charge in [-0.05, 0) is 31.2 Å². The topological polar surface area (TPSA) is 65.4 Å². The van der Waals surface area contributed by atoms with Crippen LogP contribution >= 0.6 is 11.3 Å². The lowest BCUT2D eigenvalue weighted by atomic mass is 10.1. The van der Waals surface area contributed by atoms with Crippen molar-refractivity contribution in [3.05, 3.63) is 16.0 Å². The number of nitrogens with one attached hydrogen (secondary N) is 1. The number of hydrogen-bond acceptors (Lipinski definition) is 5. The maximum atomic E-state index is 12.2. The summed E-state index contributed by atoms with van der Waals surface area (Å²) in [5.41, 5.74) is 1.88. The number of carbonyl (C=O) groups is 1. The standard InChI is InChI=1S/C17H23N3O2S/c18-12-14-13-4-2-1-3-5-15(13)23-17(14)19-16(21)6-7-20-8-10-22-11-9-20/h1-11H2,(H,19,21). The molecule has 3 rings (SSSR count). The van der Waals surface area contributed by atoms with Gasteiger partial charge in [-0.2, -0.15) is 5.26 Å². The first-order valence-corrected chi connectivity index (χ1v) is 9.24. The van der Waals surface area contributed by atoms with Crippen LogP contribution in [0.25, 0.3) is 0 Å². The zero-order valence-electron chi connectivity index (χ0n) is 13.4. The summed E-state index contributed by atoms with van der Waals surface area (Å²) >= 11 is 1.60. The van der Waals surface area contributed by atoms with Gasteiger partial charge in [0.1, 0.15) is 11.1 Å². The number of morpholine rings is 1. The number of rotatable bonds is 4. The SMILES string of the molecule is N#Cc1c(NC(=O)CCN2CCOCC2)sc2c1CCCCC2. The first kappa shape index (κ1) is 16.4. The average Bonchev–Trinajstić information content (AvgIpc) is 2.74. The Morgan fingerprint density at radius 1 is 1.26 bits per heavy atom. The Balaban J connectivity index is 1.60. The van der Waals surface area contributed by atoms with E-state index in [9.17, 15) is 10.1 Å². The van der Waals surface area contributed by atoms with Crippen molar-refractivity contribution in [1.29, 1.82) is 5.26 Å². The third-order valence-electron chi connectivity index (χ3n) is 4.54. The summed E-state index contributed by atoms with van der Waals surface area (Å²) in [4.78, 5) is 15.8. The quantitative estimate of drug-likeness (QED) is 0.860. The second-order valence-corrected chi connectivity index (χ2v) is 7.24. The lowest BCUT2D eigenvalue weighted by Crippen LogP contribution is -2.38. The lowest BCUT2D eigenvalue weighted by Gasteiger charge is -2.26. The molecular weight excluding hydrogens is 310 g/mol. The molecule has 0 radical (unpaired) electrons. The number of fused-ring (bicyclic) bond motifs is 1. The van der Waals surface area contributed by atoms with Crippen LogP contribution in [0.4, 0.5) is 5.00 Å². The van der Waals surface area contributed by atoms with Crippen LogP contribution < -0.4 is 5.32 Å². The van der Waals surface area contributed by atoms with Crippen molar-refractivity contribution in [3.8, 4) is 6.07 Å². The highest BCUT2D eigenvalue weighted by atomic mass is 32.1. The Labute approximate surface area is 141 Å². The fourth-order valence-electron chi connectivity index (χ4n) is 3.22. The van der Waals surface area contributed by atoms with Gasteiger partial charge in [-0.1, -0.05) is 6.42 Å². The molecule has 0 unspecified atom stereocenters. The Hall–Kier alpha value is -1.42. The van der Waals surface area contributed by atoms with E-state index >= 15 is 0 Å². The molecule has 2 heterocycles. The third-order valence-corrected chi connectivity index (χ3v) is 5.75. The van der Waals surface area contributed by atoms with E-state index in [2.05, 4.69) is 16.3 Å². The van der Waals surface area contributed by atoms with Gasteiger partial charge >= 0.3 is 0 Å². The molecule has 5 nitrogen and oxygen atoms in total. The molecule has 0 saturated carbocycles. The van der Waals surface area contributed by atoms with Crippen molar-refractivity contribution in [2.24, 2.45) is 0 Å². The molecule has 124 valence electrons. The van der Waals surface area contributed by atoms with Crippen LogP contribution in [0.3, 0.4) is 0 Å². The van der Waals surface area contributed by atoms with E-state index in [0.717, 1.165) is 57.1 Å². The van der Waals surface area contributed by atoms with E-state index in [-0.39, 0.29) is 5.91 Å². The summed E-state index contributed by atoms with van der Waals surface area (Å²) in [5, 5.41) is 13.2. The highest BCUT2D eigenvalue weighted by molar-refractivity contribution is 7.16. The third kappa shape index (κ3) is 4.11. The van der Waals surface area contributed by atoms with Gasteiger partial charge in [0.2, 0.25) is 5.91 Å². The highest BCUT2D eigenvalue weighted by Gasteiger charge is 2.21. The van der Waals surface area contributed by atoms with E-state index in [0.29, 0.717) is 12.0 Å². The minimum Gasteiger partial charge on any atom is -0.379 e. The molecule has 1 aromatic heterocycles. The zero-order valence-corrected chi connectivity index (χ0v) is 14.2. The van der Waals surface area contributed by atoms with Crippen LogP contribution in [0.1, 0.15) is 41.7 Å². The Bertz CT molecular complexity index is 600. The molecular formula is C17H23N3O2S. The molecule has 1 saturated heterocycles. The molecule has 6 heteroatoms. The molecule has 1 aliphatic heterocycles. The monoisotopic (exact) mass is 333 g/mol. The molecule has 0 atom stereocenters. The summed E-state index contributed by atoms with van der Waals surface area (Å²) in [6.45, 7) is 4.03. The van der Waals surface area contributed by atoms with E-state index < -0.39 is 0 Å². The molecule has 23 heavy (non-hydrogen) atoms. The number of carbonyl (C=O) groups excluding carboxylic acids is 1. The molecule has 1 fully saturated rings. The molecule has 1 aromatic rings. The Morgan fingerprint density at radius 3 is 2.83 bits per heavy atom. The molecule has 1 amide bonds. The van der Waals surface area contributed by atoms with E-state index in [1.54, 1.807) is 11.3 Å². The van der Waals surface area contributed by atoms with Crippen molar-refractivity contribution < 1.29 is 9.53 Å². The molecule has 0 bridgehead atoms. The lowest BCUT2D eigenvalue weighted by molar-refractivity contribution is -0.116. The predicted molar refractivity (Wildman–Crippen MR) is 90.8 cm³/mol. The zero-order chi connectivity index (χ0) is 16.1. The van der Waals surface area contributed by atoms with Gasteiger partial charge in [0.15, 0.2) is 0 Å². The van der Waals surface area contributed by atoms with Crippen LogP contribution in [0.15, 0.2) is 0 Å². The van der Waals surface area contributed by atoms with Crippen LogP contribution in [-0.2, 0) is 22.4 Å². The number of nitriles is 1. The van der Waals surface area contributed by atoms with Gasteiger partial charge in [0.05, 0.1) is 18.8 Å².